The first-order valence-electron chi connectivity index (χ1n) is 6.32. The molecule has 2 heterocycles. The molecular weight excluding hydrogens is 258 g/mol. The number of aromatic nitrogens is 2. The number of nitrogens with one attached hydrogen (secondary N) is 1. The van der Waals surface area contributed by atoms with Gasteiger partial charge < -0.3 is 19.9 Å². The minimum Gasteiger partial charge on any atom is -0.507 e. The van der Waals surface area contributed by atoms with Crippen LogP contribution in [0.3, 0.4) is 0 Å². The molecule has 0 unspecified atom stereocenters. The van der Waals surface area contributed by atoms with Crippen molar-refractivity contribution < 1.29 is 14.6 Å². The van der Waals surface area contributed by atoms with E-state index < -0.39 is 0 Å². The maximum Gasteiger partial charge on any atom is 0.231 e. The summed E-state index contributed by atoms with van der Waals surface area (Å²) in [4.78, 5) is 8.44. The van der Waals surface area contributed by atoms with Crippen LogP contribution in [0, 0.1) is 6.92 Å². The third-order valence-electron chi connectivity index (χ3n) is 3.03. The normalized spacial score (nSPS) is 12.7. The second-order valence-electron chi connectivity index (χ2n) is 4.59. The van der Waals surface area contributed by atoms with E-state index in [4.69, 9.17) is 9.47 Å². The summed E-state index contributed by atoms with van der Waals surface area (Å²) >= 11 is 0. The first-order valence-corrected chi connectivity index (χ1v) is 6.32. The van der Waals surface area contributed by atoms with Crippen LogP contribution in [0.2, 0.25) is 0 Å². The molecule has 2 N–H and O–H groups in total. The van der Waals surface area contributed by atoms with Gasteiger partial charge >= 0.3 is 0 Å². The number of phenolic OH excluding ortho intramolecular Hbond substituents is 1. The number of phenols is 1. The number of hydrogen-bond donors (Lipinski definition) is 2. The standard InChI is InChI=1S/C14H15N3O3/c1-9-4-17-11(7-16-9)6-15-5-10-2-13-14(3-12(10)18)20-8-19-13/h2-4,7,15,18H,5-6,8H2,1H3. The van der Waals surface area contributed by atoms with E-state index in [0.717, 1.165) is 17.0 Å². The molecule has 0 amide bonds. The van der Waals surface area contributed by atoms with Gasteiger partial charge in [-0.1, -0.05) is 0 Å². The van der Waals surface area contributed by atoms with E-state index in [1.165, 1.54) is 0 Å². The van der Waals surface area contributed by atoms with Gasteiger partial charge in [-0.2, -0.15) is 0 Å². The van der Waals surface area contributed by atoms with Crippen molar-refractivity contribution in [2.75, 3.05) is 6.79 Å². The van der Waals surface area contributed by atoms with Crippen LogP contribution in [0.5, 0.6) is 17.2 Å². The summed E-state index contributed by atoms with van der Waals surface area (Å²) in [6.07, 6.45) is 3.47. The summed E-state index contributed by atoms with van der Waals surface area (Å²) in [6, 6.07) is 3.36. The van der Waals surface area contributed by atoms with E-state index in [1.54, 1.807) is 24.5 Å². The number of aromatic hydroxyl groups is 1. The van der Waals surface area contributed by atoms with Gasteiger partial charge in [0.05, 0.1) is 11.4 Å². The number of aryl methyl sites for hydroxylation is 1. The number of benzene rings is 1. The number of rotatable bonds is 4. The lowest BCUT2D eigenvalue weighted by molar-refractivity contribution is 0.174. The van der Waals surface area contributed by atoms with Gasteiger partial charge in [0.2, 0.25) is 6.79 Å². The zero-order valence-corrected chi connectivity index (χ0v) is 11.1. The van der Waals surface area contributed by atoms with Crippen LogP contribution in [0.25, 0.3) is 0 Å². The van der Waals surface area contributed by atoms with Gasteiger partial charge in [-0.25, -0.2) is 0 Å². The third-order valence-corrected chi connectivity index (χ3v) is 3.03. The Morgan fingerprint density at radius 1 is 1.15 bits per heavy atom. The summed E-state index contributed by atoms with van der Waals surface area (Å²) in [5.74, 6) is 1.43. The Hall–Kier alpha value is -2.34. The minimum absolute atomic E-state index is 0.191. The molecular formula is C14H15N3O3. The van der Waals surface area contributed by atoms with E-state index in [-0.39, 0.29) is 12.5 Å². The molecule has 1 aromatic carbocycles. The Labute approximate surface area is 116 Å². The molecule has 0 spiro atoms. The average molecular weight is 273 g/mol. The van der Waals surface area contributed by atoms with Crippen LogP contribution in [0.1, 0.15) is 17.0 Å². The zero-order valence-electron chi connectivity index (χ0n) is 11.1. The average Bonchev–Trinajstić information content (AvgIpc) is 2.88. The summed E-state index contributed by atoms with van der Waals surface area (Å²) in [6.45, 7) is 3.19. The van der Waals surface area contributed by atoms with Gasteiger partial charge in [0, 0.05) is 37.1 Å². The molecule has 1 aliphatic heterocycles. The molecule has 0 fully saturated rings. The summed E-state index contributed by atoms with van der Waals surface area (Å²) in [5, 5.41) is 13.1. The smallest absolute Gasteiger partial charge is 0.231 e. The van der Waals surface area contributed by atoms with Crippen molar-refractivity contribution in [3.63, 3.8) is 0 Å². The van der Waals surface area contributed by atoms with Gasteiger partial charge in [-0.3, -0.25) is 9.97 Å². The fourth-order valence-electron chi connectivity index (χ4n) is 1.95. The van der Waals surface area contributed by atoms with Crippen LogP contribution >= 0.6 is 0 Å². The van der Waals surface area contributed by atoms with Crippen molar-refractivity contribution in [1.82, 2.24) is 15.3 Å². The summed E-state index contributed by atoms with van der Waals surface area (Å²) in [5.41, 5.74) is 2.51. The van der Waals surface area contributed by atoms with E-state index in [2.05, 4.69) is 15.3 Å². The van der Waals surface area contributed by atoms with E-state index in [9.17, 15) is 5.11 Å². The monoisotopic (exact) mass is 273 g/mol. The van der Waals surface area contributed by atoms with E-state index in [0.29, 0.717) is 24.6 Å². The third kappa shape index (κ3) is 2.65. The second kappa shape index (κ2) is 5.34. The lowest BCUT2D eigenvalue weighted by Gasteiger charge is -2.08. The molecule has 2 aromatic rings. The summed E-state index contributed by atoms with van der Waals surface area (Å²) in [7, 11) is 0. The highest BCUT2D eigenvalue weighted by molar-refractivity contribution is 5.51. The minimum atomic E-state index is 0.191. The number of hydrogen-bond acceptors (Lipinski definition) is 6. The largest absolute Gasteiger partial charge is 0.507 e. The van der Waals surface area contributed by atoms with Crippen molar-refractivity contribution in [2.45, 2.75) is 20.0 Å². The Balaban J connectivity index is 1.62. The van der Waals surface area contributed by atoms with Gasteiger partial charge in [-0.05, 0) is 13.0 Å². The van der Waals surface area contributed by atoms with Crippen molar-refractivity contribution in [3.05, 3.63) is 41.5 Å². The molecule has 6 heteroatoms. The van der Waals surface area contributed by atoms with Crippen LogP contribution in [0.15, 0.2) is 24.5 Å². The predicted molar refractivity (Wildman–Crippen MR) is 71.5 cm³/mol. The number of fused-ring (bicyclic) bond motifs is 1. The van der Waals surface area contributed by atoms with Gasteiger partial charge in [-0.15, -0.1) is 0 Å². The van der Waals surface area contributed by atoms with Crippen LogP contribution in [0.4, 0.5) is 0 Å². The zero-order chi connectivity index (χ0) is 13.9. The van der Waals surface area contributed by atoms with E-state index >= 15 is 0 Å². The topological polar surface area (TPSA) is 76.5 Å². The fourth-order valence-corrected chi connectivity index (χ4v) is 1.95. The Morgan fingerprint density at radius 2 is 1.95 bits per heavy atom. The molecule has 3 rings (SSSR count). The predicted octanol–water partition coefficient (Wildman–Crippen LogP) is 1.51. The molecule has 6 nitrogen and oxygen atoms in total. The number of ether oxygens (including phenoxy) is 2. The van der Waals surface area contributed by atoms with Crippen molar-refractivity contribution >= 4 is 0 Å². The maximum absolute atomic E-state index is 9.90. The van der Waals surface area contributed by atoms with Gasteiger partial charge in [0.25, 0.3) is 0 Å². The number of nitrogens with zero attached hydrogens (tertiary/aromatic N) is 2. The first-order chi connectivity index (χ1) is 9.72. The van der Waals surface area contributed by atoms with Crippen LogP contribution < -0.4 is 14.8 Å². The molecule has 0 atom stereocenters. The van der Waals surface area contributed by atoms with Crippen molar-refractivity contribution in [3.8, 4) is 17.2 Å². The molecule has 0 aliphatic carbocycles. The molecule has 0 saturated carbocycles. The molecule has 0 radical (unpaired) electrons. The highest BCUT2D eigenvalue weighted by Crippen LogP contribution is 2.37. The SMILES string of the molecule is Cc1cnc(CNCc2cc3c(cc2O)OCO3)cn1. The molecule has 104 valence electrons. The van der Waals surface area contributed by atoms with Gasteiger partial charge in [0.15, 0.2) is 11.5 Å². The second-order valence-corrected chi connectivity index (χ2v) is 4.59. The molecule has 20 heavy (non-hydrogen) atoms. The van der Waals surface area contributed by atoms with E-state index in [1.807, 2.05) is 6.92 Å². The fraction of sp³-hybridized carbons (Fsp3) is 0.286. The van der Waals surface area contributed by atoms with Crippen molar-refractivity contribution in [2.24, 2.45) is 0 Å². The Bertz CT molecular complexity index is 614. The van der Waals surface area contributed by atoms with Gasteiger partial charge in [0.1, 0.15) is 5.75 Å². The Morgan fingerprint density at radius 3 is 2.70 bits per heavy atom. The quantitative estimate of drug-likeness (QED) is 0.879. The first kappa shape index (κ1) is 12.7. The molecule has 1 aliphatic rings. The van der Waals surface area contributed by atoms with Crippen LogP contribution in [-0.4, -0.2) is 21.9 Å². The molecule has 0 saturated heterocycles. The maximum atomic E-state index is 9.90. The summed E-state index contributed by atoms with van der Waals surface area (Å²) < 4.78 is 10.5. The van der Waals surface area contributed by atoms with Crippen LogP contribution in [-0.2, 0) is 13.1 Å². The Kier molecular flexibility index (Phi) is 3.39. The molecule has 1 aromatic heterocycles. The lowest BCUT2D eigenvalue weighted by atomic mass is 10.1. The highest BCUT2D eigenvalue weighted by atomic mass is 16.7. The molecule has 0 bridgehead atoms. The van der Waals surface area contributed by atoms with Crippen molar-refractivity contribution in [1.29, 1.82) is 0 Å². The lowest BCUT2D eigenvalue weighted by Crippen LogP contribution is -2.14. The highest BCUT2D eigenvalue weighted by Gasteiger charge is 2.16.